The normalized spacial score (nSPS) is 12.6. The number of carbonyl (C=O) groups is 2. The van der Waals surface area contributed by atoms with Crippen LogP contribution in [0, 0.1) is 11.3 Å². The fourth-order valence-electron chi connectivity index (χ4n) is 1.89. The lowest BCUT2D eigenvalue weighted by Gasteiger charge is -2.30. The number of carboxylic acid groups (broad SMARTS) is 1. The van der Waals surface area contributed by atoms with Crippen LogP contribution in [0.25, 0.3) is 0 Å². The van der Waals surface area contributed by atoms with Crippen LogP contribution in [0.1, 0.15) is 33.3 Å². The molecule has 1 N–H and O–H groups in total. The Hall–Kier alpha value is -2.04. The molecule has 0 aliphatic carbocycles. The van der Waals surface area contributed by atoms with E-state index in [1.165, 1.54) is 0 Å². The van der Waals surface area contributed by atoms with Crippen molar-refractivity contribution in [1.29, 1.82) is 0 Å². The number of carboxylic acids is 1. The summed E-state index contributed by atoms with van der Waals surface area (Å²) in [6.45, 7) is 8.26. The molecule has 0 saturated carbocycles. The summed E-state index contributed by atoms with van der Waals surface area (Å²) >= 11 is 0. The lowest BCUT2D eigenvalue weighted by molar-refractivity contribution is -0.139. The molecule has 0 bridgehead atoms. The van der Waals surface area contributed by atoms with Crippen molar-refractivity contribution in [2.75, 3.05) is 13.7 Å². The maximum atomic E-state index is 12.4. The van der Waals surface area contributed by atoms with Crippen LogP contribution in [0.15, 0.2) is 24.3 Å². The molecule has 0 aliphatic rings. The van der Waals surface area contributed by atoms with Crippen LogP contribution < -0.4 is 4.74 Å². The first-order valence-corrected chi connectivity index (χ1v) is 7.29. The highest BCUT2D eigenvalue weighted by atomic mass is 16.5. The van der Waals surface area contributed by atoms with E-state index in [0.29, 0.717) is 12.3 Å². The van der Waals surface area contributed by atoms with Crippen LogP contribution in [0.3, 0.4) is 0 Å². The Morgan fingerprint density at radius 1 is 1.23 bits per heavy atom. The van der Waals surface area contributed by atoms with Gasteiger partial charge in [0.2, 0.25) is 5.91 Å². The standard InChI is InChI=1S/C17H25NO4/c1-12(17(2,3)4)16(21)18(5)10-13-6-8-14(9-7-13)22-11-15(19)20/h6-9,12H,10-11H2,1-5H3,(H,19,20). The second kappa shape index (κ2) is 7.29. The van der Waals surface area contributed by atoms with Crippen LogP contribution in [-0.2, 0) is 16.1 Å². The van der Waals surface area contributed by atoms with E-state index in [1.807, 2.05) is 19.1 Å². The van der Waals surface area contributed by atoms with Crippen molar-refractivity contribution >= 4 is 11.9 Å². The number of aliphatic carboxylic acids is 1. The summed E-state index contributed by atoms with van der Waals surface area (Å²) in [5, 5.41) is 8.56. The topological polar surface area (TPSA) is 66.8 Å². The van der Waals surface area contributed by atoms with Crippen molar-refractivity contribution in [2.24, 2.45) is 11.3 Å². The lowest BCUT2D eigenvalue weighted by atomic mass is 9.81. The van der Waals surface area contributed by atoms with Gasteiger partial charge in [-0.15, -0.1) is 0 Å². The highest BCUT2D eigenvalue weighted by Crippen LogP contribution is 2.27. The minimum Gasteiger partial charge on any atom is -0.482 e. The van der Waals surface area contributed by atoms with Gasteiger partial charge >= 0.3 is 5.97 Å². The minimum absolute atomic E-state index is 0.0596. The molecule has 0 aromatic heterocycles. The average Bonchev–Trinajstić information content (AvgIpc) is 2.43. The summed E-state index contributed by atoms with van der Waals surface area (Å²) in [7, 11) is 1.79. The molecule has 1 aromatic carbocycles. The Morgan fingerprint density at radius 2 is 1.77 bits per heavy atom. The third kappa shape index (κ3) is 5.39. The van der Waals surface area contributed by atoms with Gasteiger partial charge in [-0.3, -0.25) is 4.79 Å². The molecule has 5 heteroatoms. The van der Waals surface area contributed by atoms with Gasteiger partial charge in [0.1, 0.15) is 5.75 Å². The molecule has 1 amide bonds. The van der Waals surface area contributed by atoms with E-state index >= 15 is 0 Å². The van der Waals surface area contributed by atoms with E-state index in [0.717, 1.165) is 5.56 Å². The fraction of sp³-hybridized carbons (Fsp3) is 0.529. The van der Waals surface area contributed by atoms with Gasteiger partial charge in [-0.2, -0.15) is 0 Å². The smallest absolute Gasteiger partial charge is 0.341 e. The van der Waals surface area contributed by atoms with Gasteiger partial charge in [0, 0.05) is 19.5 Å². The van der Waals surface area contributed by atoms with Crippen molar-refractivity contribution < 1.29 is 19.4 Å². The molecule has 5 nitrogen and oxygen atoms in total. The maximum Gasteiger partial charge on any atom is 0.341 e. The quantitative estimate of drug-likeness (QED) is 0.877. The second-order valence-corrected chi connectivity index (χ2v) is 6.61. The van der Waals surface area contributed by atoms with E-state index in [9.17, 15) is 9.59 Å². The molecule has 1 aromatic rings. The Morgan fingerprint density at radius 3 is 2.23 bits per heavy atom. The first-order valence-electron chi connectivity index (χ1n) is 7.29. The molecule has 0 saturated heterocycles. The highest BCUT2D eigenvalue weighted by Gasteiger charge is 2.28. The van der Waals surface area contributed by atoms with Gasteiger partial charge in [-0.05, 0) is 23.1 Å². The number of hydrogen-bond acceptors (Lipinski definition) is 3. The van der Waals surface area contributed by atoms with Gasteiger partial charge in [0.05, 0.1) is 0 Å². The predicted octanol–water partition coefficient (Wildman–Crippen LogP) is 2.79. The van der Waals surface area contributed by atoms with E-state index in [-0.39, 0.29) is 23.8 Å². The minimum atomic E-state index is -1.01. The number of hydrogen-bond donors (Lipinski definition) is 1. The van der Waals surface area contributed by atoms with Crippen molar-refractivity contribution in [3.05, 3.63) is 29.8 Å². The lowest BCUT2D eigenvalue weighted by Crippen LogP contribution is -2.37. The van der Waals surface area contributed by atoms with Crippen molar-refractivity contribution in [2.45, 2.75) is 34.2 Å². The van der Waals surface area contributed by atoms with Gasteiger partial charge in [0.15, 0.2) is 6.61 Å². The van der Waals surface area contributed by atoms with Crippen LogP contribution in [-0.4, -0.2) is 35.5 Å². The third-order valence-electron chi connectivity index (χ3n) is 3.75. The first-order chi connectivity index (χ1) is 10.1. The summed E-state index contributed by atoms with van der Waals surface area (Å²) in [6, 6.07) is 7.10. The molecule has 0 spiro atoms. The number of rotatable bonds is 6. The fourth-order valence-corrected chi connectivity index (χ4v) is 1.89. The summed E-state index contributed by atoms with van der Waals surface area (Å²) in [6.07, 6.45) is 0. The summed E-state index contributed by atoms with van der Waals surface area (Å²) in [5.41, 5.74) is 0.902. The highest BCUT2D eigenvalue weighted by molar-refractivity contribution is 5.78. The first kappa shape index (κ1) is 18.0. The molecule has 0 fully saturated rings. The van der Waals surface area contributed by atoms with Crippen LogP contribution in [0.5, 0.6) is 5.75 Å². The second-order valence-electron chi connectivity index (χ2n) is 6.61. The molecule has 1 atom stereocenters. The molecule has 0 heterocycles. The average molecular weight is 307 g/mol. The molecule has 122 valence electrons. The zero-order valence-corrected chi connectivity index (χ0v) is 13.9. The molecule has 1 rings (SSSR count). The largest absolute Gasteiger partial charge is 0.482 e. The summed E-state index contributed by atoms with van der Waals surface area (Å²) in [4.78, 5) is 24.5. The van der Waals surface area contributed by atoms with Crippen LogP contribution in [0.2, 0.25) is 0 Å². The van der Waals surface area contributed by atoms with Gasteiger partial charge in [0.25, 0.3) is 0 Å². The van der Waals surface area contributed by atoms with Crippen LogP contribution in [0.4, 0.5) is 0 Å². The number of ether oxygens (including phenoxy) is 1. The van der Waals surface area contributed by atoms with E-state index in [1.54, 1.807) is 24.1 Å². The maximum absolute atomic E-state index is 12.4. The monoisotopic (exact) mass is 307 g/mol. The molecule has 1 unspecified atom stereocenters. The van der Waals surface area contributed by atoms with Gasteiger partial charge in [-0.1, -0.05) is 39.8 Å². The third-order valence-corrected chi connectivity index (χ3v) is 3.75. The zero-order valence-electron chi connectivity index (χ0n) is 13.9. The molecular formula is C17H25NO4. The van der Waals surface area contributed by atoms with Gasteiger partial charge in [-0.25, -0.2) is 4.79 Å². The Bertz CT molecular complexity index is 516. The molecule has 0 aliphatic heterocycles. The Labute approximate surface area is 131 Å². The summed E-state index contributed by atoms with van der Waals surface area (Å²) in [5.74, 6) is -0.455. The number of amides is 1. The molecular weight excluding hydrogens is 282 g/mol. The number of benzene rings is 1. The van der Waals surface area contributed by atoms with Crippen molar-refractivity contribution in [1.82, 2.24) is 4.90 Å². The Kier molecular flexibility index (Phi) is 5.97. The summed E-state index contributed by atoms with van der Waals surface area (Å²) < 4.78 is 5.08. The number of carbonyl (C=O) groups excluding carboxylic acids is 1. The Balaban J connectivity index is 2.63. The van der Waals surface area contributed by atoms with E-state index in [2.05, 4.69) is 20.8 Å². The SMILES string of the molecule is CC(C(=O)N(C)Cc1ccc(OCC(=O)O)cc1)C(C)(C)C. The van der Waals surface area contributed by atoms with Crippen molar-refractivity contribution in [3.63, 3.8) is 0 Å². The molecule has 22 heavy (non-hydrogen) atoms. The van der Waals surface area contributed by atoms with E-state index in [4.69, 9.17) is 9.84 Å². The van der Waals surface area contributed by atoms with E-state index < -0.39 is 5.97 Å². The van der Waals surface area contributed by atoms with Crippen LogP contribution >= 0.6 is 0 Å². The molecule has 0 radical (unpaired) electrons. The van der Waals surface area contributed by atoms with Crippen molar-refractivity contribution in [3.8, 4) is 5.75 Å². The van der Waals surface area contributed by atoms with Gasteiger partial charge < -0.3 is 14.7 Å². The zero-order chi connectivity index (χ0) is 16.9. The predicted molar refractivity (Wildman–Crippen MR) is 84.7 cm³/mol. The number of nitrogens with zero attached hydrogens (tertiary/aromatic N) is 1.